The number of fused-ring (bicyclic) bond motifs is 3. The maximum Gasteiger partial charge on any atom is 0.274 e. The van der Waals surface area contributed by atoms with Crippen molar-refractivity contribution in [3.8, 4) is 11.1 Å². The number of benzene rings is 1. The number of hydrogen-bond acceptors (Lipinski definition) is 8. The number of carbonyl (C=O) groups is 1. The minimum Gasteiger partial charge on any atom is -0.392 e. The van der Waals surface area contributed by atoms with Gasteiger partial charge in [-0.3, -0.25) is 14.5 Å². The Bertz CT molecular complexity index is 2000. The lowest BCUT2D eigenvalue weighted by molar-refractivity contribution is -0.0828. The summed E-state index contributed by atoms with van der Waals surface area (Å²) in [6, 6.07) is 11.4. The van der Waals surface area contributed by atoms with Gasteiger partial charge >= 0.3 is 0 Å². The molecule has 2 saturated heterocycles. The van der Waals surface area contributed by atoms with Crippen LogP contribution in [-0.4, -0.2) is 81.0 Å². The van der Waals surface area contributed by atoms with E-state index in [9.17, 15) is 14.7 Å². The fourth-order valence-electron chi connectivity index (χ4n) is 8.30. The maximum absolute atomic E-state index is 15.4. The van der Waals surface area contributed by atoms with Gasteiger partial charge in [0.15, 0.2) is 0 Å². The van der Waals surface area contributed by atoms with Crippen LogP contribution in [0.4, 0.5) is 27.3 Å². The third-order valence-electron chi connectivity index (χ3n) is 11.0. The first-order chi connectivity index (χ1) is 24.2. The fourth-order valence-corrected chi connectivity index (χ4v) is 8.30. The molecule has 12 heteroatoms. The highest BCUT2D eigenvalue weighted by Gasteiger charge is 2.37. The number of anilines is 4. The number of ether oxygens (including phenoxy) is 1. The molecule has 1 unspecified atom stereocenters. The lowest BCUT2D eigenvalue weighted by Crippen LogP contribution is -2.63. The number of pyridine rings is 2. The van der Waals surface area contributed by atoms with Crippen LogP contribution in [0.3, 0.4) is 0 Å². The van der Waals surface area contributed by atoms with Crippen molar-refractivity contribution in [2.24, 2.45) is 7.05 Å². The number of hydrogen-bond donors (Lipinski definition) is 2. The summed E-state index contributed by atoms with van der Waals surface area (Å²) in [5.41, 5.74) is 5.58. The van der Waals surface area contributed by atoms with Gasteiger partial charge in [0, 0.05) is 80.4 Å². The second-order valence-corrected chi connectivity index (χ2v) is 14.2. The van der Waals surface area contributed by atoms with Crippen LogP contribution in [-0.2, 0) is 37.8 Å². The molecule has 1 amide bonds. The van der Waals surface area contributed by atoms with E-state index >= 15 is 4.39 Å². The van der Waals surface area contributed by atoms with Crippen LogP contribution in [0.25, 0.3) is 11.1 Å². The van der Waals surface area contributed by atoms with Crippen molar-refractivity contribution in [2.75, 3.05) is 48.0 Å². The number of amides is 1. The predicted molar refractivity (Wildman–Crippen MR) is 191 cm³/mol. The Labute approximate surface area is 290 Å². The molecular formula is C38H44FN7O4. The van der Waals surface area contributed by atoms with Gasteiger partial charge in [0.05, 0.1) is 49.0 Å². The van der Waals surface area contributed by atoms with Gasteiger partial charge in [-0.05, 0) is 75.1 Å². The van der Waals surface area contributed by atoms with E-state index in [1.807, 2.05) is 24.4 Å². The molecule has 2 atom stereocenters. The first-order valence-corrected chi connectivity index (χ1v) is 17.7. The normalized spacial score (nSPS) is 21.2. The summed E-state index contributed by atoms with van der Waals surface area (Å²) in [5.74, 6) is -0.218. The Hall–Kier alpha value is -4.52. The van der Waals surface area contributed by atoms with E-state index in [0.717, 1.165) is 63.5 Å². The Balaban J connectivity index is 1.06. The van der Waals surface area contributed by atoms with Gasteiger partial charge < -0.3 is 34.1 Å². The quantitative estimate of drug-likeness (QED) is 0.295. The summed E-state index contributed by atoms with van der Waals surface area (Å²) in [4.78, 5) is 38.3. The third-order valence-corrected chi connectivity index (χ3v) is 11.0. The van der Waals surface area contributed by atoms with Gasteiger partial charge in [0.2, 0.25) is 0 Å². The van der Waals surface area contributed by atoms with Crippen LogP contribution in [0.1, 0.15) is 54.0 Å². The number of aliphatic hydroxyl groups excluding tert-OH is 1. The number of nitrogens with one attached hydrogen (secondary N) is 1. The highest BCUT2D eigenvalue weighted by molar-refractivity contribution is 6.09. The van der Waals surface area contributed by atoms with Gasteiger partial charge in [-0.25, -0.2) is 9.37 Å². The monoisotopic (exact) mass is 681 g/mol. The van der Waals surface area contributed by atoms with Crippen LogP contribution in [0.2, 0.25) is 0 Å². The SMILES string of the molecule is CC1CN(c2ccc(Nc3cc(-c4cc(F)cc(N5CCc6c(cc7n6CCCC7)C5=O)c4CO)cn(C)c3=O)nc2)[C@@H](C)CN1C1COC1. The molecule has 4 aromatic rings. The van der Waals surface area contributed by atoms with Crippen molar-refractivity contribution in [1.29, 1.82) is 0 Å². The van der Waals surface area contributed by atoms with Gasteiger partial charge in [0.25, 0.3) is 11.5 Å². The van der Waals surface area contributed by atoms with E-state index in [1.165, 1.54) is 22.4 Å². The molecule has 50 heavy (non-hydrogen) atoms. The minimum atomic E-state index is -0.534. The molecule has 2 fully saturated rings. The number of halogens is 1. The van der Waals surface area contributed by atoms with Gasteiger partial charge in [0.1, 0.15) is 17.3 Å². The highest BCUT2D eigenvalue weighted by atomic mass is 19.1. The molecule has 0 aliphatic carbocycles. The zero-order chi connectivity index (χ0) is 34.7. The number of piperazine rings is 1. The molecule has 262 valence electrons. The van der Waals surface area contributed by atoms with Gasteiger partial charge in [-0.2, -0.15) is 0 Å². The van der Waals surface area contributed by atoms with Gasteiger partial charge in [-0.15, -0.1) is 0 Å². The number of aryl methyl sites for hydroxylation is 2. The van der Waals surface area contributed by atoms with Crippen molar-refractivity contribution in [3.05, 3.63) is 87.5 Å². The maximum atomic E-state index is 15.4. The molecule has 8 rings (SSSR count). The lowest BCUT2D eigenvalue weighted by atomic mass is 9.96. The van der Waals surface area contributed by atoms with Crippen molar-refractivity contribution in [3.63, 3.8) is 0 Å². The summed E-state index contributed by atoms with van der Waals surface area (Å²) in [6.07, 6.45) is 7.25. The fraction of sp³-hybridized carbons (Fsp3) is 0.447. The van der Waals surface area contributed by atoms with Crippen molar-refractivity contribution in [1.82, 2.24) is 19.0 Å². The number of nitrogens with zero attached hydrogens (tertiary/aromatic N) is 6. The summed E-state index contributed by atoms with van der Waals surface area (Å²) >= 11 is 0. The molecule has 0 saturated carbocycles. The second kappa shape index (κ2) is 13.0. The molecule has 4 aliphatic rings. The van der Waals surface area contributed by atoms with E-state index in [1.54, 1.807) is 24.2 Å². The first-order valence-electron chi connectivity index (χ1n) is 17.7. The van der Waals surface area contributed by atoms with Crippen molar-refractivity contribution in [2.45, 2.75) is 70.8 Å². The summed E-state index contributed by atoms with van der Waals surface area (Å²) < 4.78 is 24.5. The van der Waals surface area contributed by atoms with E-state index in [4.69, 9.17) is 4.74 Å². The summed E-state index contributed by atoms with van der Waals surface area (Å²) in [7, 11) is 1.63. The molecular weight excluding hydrogens is 637 g/mol. The zero-order valence-corrected chi connectivity index (χ0v) is 28.9. The van der Waals surface area contributed by atoms with Crippen molar-refractivity contribution >= 4 is 28.8 Å². The molecule has 0 bridgehead atoms. The summed E-state index contributed by atoms with van der Waals surface area (Å²) in [5, 5.41) is 13.9. The minimum absolute atomic E-state index is 0.185. The van der Waals surface area contributed by atoms with Crippen LogP contribution < -0.4 is 20.7 Å². The number of rotatable bonds is 7. The lowest BCUT2D eigenvalue weighted by Gasteiger charge is -2.50. The van der Waals surface area contributed by atoms with E-state index in [-0.39, 0.29) is 17.2 Å². The van der Waals surface area contributed by atoms with Crippen LogP contribution in [0.5, 0.6) is 0 Å². The largest absolute Gasteiger partial charge is 0.392 e. The van der Waals surface area contributed by atoms with E-state index in [2.05, 4.69) is 38.5 Å². The molecule has 3 aromatic heterocycles. The number of aliphatic hydroxyl groups is 1. The van der Waals surface area contributed by atoms with Crippen LogP contribution in [0, 0.1) is 5.82 Å². The predicted octanol–water partition coefficient (Wildman–Crippen LogP) is 4.46. The smallest absolute Gasteiger partial charge is 0.274 e. The average molecular weight is 682 g/mol. The Kier molecular flexibility index (Phi) is 8.48. The Morgan fingerprint density at radius 2 is 1.84 bits per heavy atom. The average Bonchev–Trinajstić information content (AvgIpc) is 3.47. The topological polar surface area (TPSA) is 108 Å². The van der Waals surface area contributed by atoms with Crippen LogP contribution in [0.15, 0.2) is 53.6 Å². The Morgan fingerprint density at radius 1 is 1.00 bits per heavy atom. The van der Waals surface area contributed by atoms with E-state index in [0.29, 0.717) is 64.9 Å². The molecule has 4 aliphatic heterocycles. The third kappa shape index (κ3) is 5.69. The van der Waals surface area contributed by atoms with Crippen LogP contribution >= 0.6 is 0 Å². The Morgan fingerprint density at radius 3 is 2.58 bits per heavy atom. The molecule has 1 aromatic carbocycles. The molecule has 7 heterocycles. The number of aromatic nitrogens is 3. The zero-order valence-electron chi connectivity index (χ0n) is 28.9. The van der Waals surface area contributed by atoms with E-state index < -0.39 is 12.4 Å². The summed E-state index contributed by atoms with van der Waals surface area (Å²) in [6.45, 7) is 8.81. The number of carbonyl (C=O) groups excluding carboxylic acids is 1. The van der Waals surface area contributed by atoms with Crippen molar-refractivity contribution < 1.29 is 19.0 Å². The highest BCUT2D eigenvalue weighted by Crippen LogP contribution is 2.37. The standard InChI is InChI=1S/C38H44FN7O4/c1-23-18-46(29-21-50-22-29)24(2)17-45(23)28-7-8-36(40-16-28)41-33-12-25(19-42(3)38(33)49)30-13-26(39)14-35(32(30)20-47)44-11-9-34-31(37(44)48)15-27-6-4-5-10-43(27)34/h7-8,12-16,19,23-24,29,47H,4-6,9-11,17-18,20-22H2,1-3H3,(H,40,41)/t23-,24?/m0/s1. The van der Waals surface area contributed by atoms with Gasteiger partial charge in [-0.1, -0.05) is 0 Å². The first kappa shape index (κ1) is 32.7. The molecule has 11 nitrogen and oxygen atoms in total. The molecule has 0 spiro atoms. The second-order valence-electron chi connectivity index (χ2n) is 14.2. The molecule has 2 N–H and O–H groups in total. The molecule has 0 radical (unpaired) electrons.